The van der Waals surface area contributed by atoms with Crippen LogP contribution in [0, 0.1) is 0 Å². The molecule has 5 N–H and O–H groups in total. The molecule has 0 aliphatic rings. The van der Waals surface area contributed by atoms with E-state index in [0.717, 1.165) is 30.7 Å². The molecule has 2 aromatic rings. The first-order valence-corrected chi connectivity index (χ1v) is 9.19. The number of hydrogen-bond acceptors (Lipinski definition) is 5. The molecule has 1 aromatic carbocycles. The first-order valence-electron chi connectivity index (χ1n) is 8.31. The molecule has 0 fully saturated rings. The number of rotatable bonds is 10. The second kappa shape index (κ2) is 10.1. The number of unbranched alkanes of at least 4 members (excludes halogenated alkanes) is 3. The van der Waals surface area contributed by atoms with Gasteiger partial charge in [0, 0.05) is 0 Å². The molecule has 0 bridgehead atoms. The highest BCUT2D eigenvalue weighted by Gasteiger charge is 2.11. The molecular formula is C18H26N4OS. The Morgan fingerprint density at radius 3 is 2.54 bits per heavy atom. The number of benzene rings is 1. The second-order valence-electron chi connectivity index (χ2n) is 5.78. The Labute approximate surface area is 147 Å². The van der Waals surface area contributed by atoms with E-state index < -0.39 is 6.10 Å². The number of nitrogens with zero attached hydrogens (tertiary/aromatic N) is 2. The minimum Gasteiger partial charge on any atom is -0.385 e. The van der Waals surface area contributed by atoms with Crippen molar-refractivity contribution in [2.75, 3.05) is 5.12 Å². The van der Waals surface area contributed by atoms with Crippen LogP contribution in [0.2, 0.25) is 0 Å². The molecule has 0 amide bonds. The van der Waals surface area contributed by atoms with Crippen LogP contribution in [-0.2, 0) is 6.42 Å². The third kappa shape index (κ3) is 6.31. The highest BCUT2D eigenvalue weighted by Crippen LogP contribution is 2.18. The van der Waals surface area contributed by atoms with Gasteiger partial charge in [0.25, 0.3) is 0 Å². The zero-order valence-electron chi connectivity index (χ0n) is 13.8. The van der Waals surface area contributed by atoms with E-state index in [0.29, 0.717) is 6.42 Å². The molecule has 24 heavy (non-hydrogen) atoms. The van der Waals surface area contributed by atoms with E-state index in [1.54, 1.807) is 0 Å². The summed E-state index contributed by atoms with van der Waals surface area (Å²) in [6.07, 6.45) is 5.29. The van der Waals surface area contributed by atoms with Gasteiger partial charge in [0.2, 0.25) is 0 Å². The topological polar surface area (TPSA) is 87.9 Å². The largest absolute Gasteiger partial charge is 0.385 e. The second-order valence-corrected chi connectivity index (χ2v) is 6.70. The van der Waals surface area contributed by atoms with Crippen molar-refractivity contribution in [2.45, 2.75) is 44.6 Å². The maximum absolute atomic E-state index is 10.1. The average molecular weight is 346 g/mol. The molecule has 130 valence electrons. The lowest BCUT2D eigenvalue weighted by Crippen LogP contribution is -2.35. The van der Waals surface area contributed by atoms with Gasteiger partial charge < -0.3 is 10.8 Å². The SMILES string of the molecule is N/C(=N\N(N)c1cccs1)C(O)CCCCCCc1ccccc1. The number of amidine groups is 1. The number of hydrogen-bond donors (Lipinski definition) is 3. The predicted octanol–water partition coefficient (Wildman–Crippen LogP) is 3.25. The van der Waals surface area contributed by atoms with Crippen LogP contribution < -0.4 is 16.7 Å². The number of aliphatic hydroxyl groups is 1. The summed E-state index contributed by atoms with van der Waals surface area (Å²) in [5, 5.41) is 18.0. The molecular weight excluding hydrogens is 320 g/mol. The third-order valence-corrected chi connectivity index (χ3v) is 4.69. The monoisotopic (exact) mass is 346 g/mol. The first kappa shape index (κ1) is 18.4. The maximum Gasteiger partial charge on any atom is 0.150 e. The lowest BCUT2D eigenvalue weighted by molar-refractivity contribution is 0.224. The van der Waals surface area contributed by atoms with Crippen LogP contribution in [0.25, 0.3) is 0 Å². The van der Waals surface area contributed by atoms with E-state index >= 15 is 0 Å². The van der Waals surface area contributed by atoms with Crippen molar-refractivity contribution in [1.29, 1.82) is 0 Å². The molecule has 0 saturated carbocycles. The zero-order chi connectivity index (χ0) is 17.2. The van der Waals surface area contributed by atoms with Gasteiger partial charge in [-0.1, -0.05) is 49.6 Å². The molecule has 2 rings (SSSR count). The van der Waals surface area contributed by atoms with E-state index in [9.17, 15) is 5.11 Å². The van der Waals surface area contributed by atoms with Crippen molar-refractivity contribution in [3.63, 3.8) is 0 Å². The van der Waals surface area contributed by atoms with E-state index in [4.69, 9.17) is 11.6 Å². The van der Waals surface area contributed by atoms with E-state index in [2.05, 4.69) is 29.4 Å². The molecule has 0 spiro atoms. The smallest absolute Gasteiger partial charge is 0.150 e. The predicted molar refractivity (Wildman–Crippen MR) is 102 cm³/mol. The Hall–Kier alpha value is -1.89. The van der Waals surface area contributed by atoms with Crippen molar-refractivity contribution in [3.8, 4) is 0 Å². The number of anilines is 1. The van der Waals surface area contributed by atoms with Crippen LogP contribution in [0.1, 0.15) is 37.7 Å². The summed E-state index contributed by atoms with van der Waals surface area (Å²) in [6, 6.07) is 14.2. The summed E-state index contributed by atoms with van der Waals surface area (Å²) < 4.78 is 0. The van der Waals surface area contributed by atoms with Crippen molar-refractivity contribution < 1.29 is 5.11 Å². The van der Waals surface area contributed by atoms with Gasteiger partial charge in [0.1, 0.15) is 11.1 Å². The van der Waals surface area contributed by atoms with Gasteiger partial charge in [0.15, 0.2) is 5.84 Å². The standard InChI is InChI=1S/C18H26N4OS/c19-18(21-22(20)17-13-8-14-24-17)16(23)12-7-2-1-4-9-15-10-5-3-6-11-15/h3,5-6,8,10-11,13-14,16,23H,1-2,4,7,9,12,20H2,(H2,19,21). The number of hydrazone groups is 1. The molecule has 6 heteroatoms. The van der Waals surface area contributed by atoms with Crippen molar-refractivity contribution in [1.82, 2.24) is 0 Å². The fourth-order valence-electron chi connectivity index (χ4n) is 2.45. The fraction of sp³-hybridized carbons (Fsp3) is 0.389. The van der Waals surface area contributed by atoms with Gasteiger partial charge >= 0.3 is 0 Å². The van der Waals surface area contributed by atoms with Crippen LogP contribution >= 0.6 is 11.3 Å². The zero-order valence-corrected chi connectivity index (χ0v) is 14.7. The Kier molecular flexibility index (Phi) is 7.74. The van der Waals surface area contributed by atoms with Crippen LogP contribution in [0.4, 0.5) is 5.00 Å². The number of nitrogens with two attached hydrogens (primary N) is 2. The first-order chi connectivity index (χ1) is 11.7. The molecule has 5 nitrogen and oxygen atoms in total. The molecule has 1 atom stereocenters. The molecule has 1 aromatic heterocycles. The Balaban J connectivity index is 1.61. The van der Waals surface area contributed by atoms with Gasteiger partial charge in [-0.2, -0.15) is 5.12 Å². The van der Waals surface area contributed by atoms with Crippen LogP contribution in [0.15, 0.2) is 52.9 Å². The highest BCUT2D eigenvalue weighted by atomic mass is 32.1. The number of aryl methyl sites for hydroxylation is 1. The molecule has 1 heterocycles. The number of hydrazine groups is 1. The van der Waals surface area contributed by atoms with Crippen molar-refractivity contribution in [3.05, 3.63) is 53.4 Å². The number of aliphatic hydroxyl groups excluding tert-OH is 1. The fourth-order valence-corrected chi connectivity index (χ4v) is 3.06. The Morgan fingerprint density at radius 2 is 1.83 bits per heavy atom. The van der Waals surface area contributed by atoms with E-state index in [1.807, 2.05) is 23.6 Å². The third-order valence-electron chi connectivity index (χ3n) is 3.83. The van der Waals surface area contributed by atoms with Gasteiger partial charge in [-0.25, -0.2) is 5.84 Å². The maximum atomic E-state index is 10.1. The summed E-state index contributed by atoms with van der Waals surface area (Å²) in [5.41, 5.74) is 7.20. The lowest BCUT2D eigenvalue weighted by Gasteiger charge is -2.14. The Bertz CT molecular complexity index is 601. The minimum atomic E-state index is -0.745. The quantitative estimate of drug-likeness (QED) is 0.203. The molecule has 0 aliphatic carbocycles. The highest BCUT2D eigenvalue weighted by molar-refractivity contribution is 7.14. The van der Waals surface area contributed by atoms with Crippen LogP contribution in [-0.4, -0.2) is 17.0 Å². The summed E-state index contributed by atoms with van der Waals surface area (Å²) >= 11 is 1.47. The summed E-state index contributed by atoms with van der Waals surface area (Å²) in [4.78, 5) is 0. The molecule has 1 unspecified atom stereocenters. The summed E-state index contributed by atoms with van der Waals surface area (Å²) in [7, 11) is 0. The summed E-state index contributed by atoms with van der Waals surface area (Å²) in [5.74, 6) is 5.96. The summed E-state index contributed by atoms with van der Waals surface area (Å²) in [6.45, 7) is 0. The van der Waals surface area contributed by atoms with Gasteiger partial charge in [-0.15, -0.1) is 16.4 Å². The lowest BCUT2D eigenvalue weighted by atomic mass is 10.0. The number of thiophene rings is 1. The van der Waals surface area contributed by atoms with Gasteiger partial charge in [-0.3, -0.25) is 0 Å². The average Bonchev–Trinajstić information content (AvgIpc) is 3.13. The normalized spacial score (nSPS) is 13.0. The molecule has 0 aliphatic heterocycles. The van der Waals surface area contributed by atoms with Crippen molar-refractivity contribution in [2.24, 2.45) is 16.7 Å². The van der Waals surface area contributed by atoms with Crippen molar-refractivity contribution >= 4 is 22.2 Å². The Morgan fingerprint density at radius 1 is 1.08 bits per heavy atom. The van der Waals surface area contributed by atoms with E-state index in [-0.39, 0.29) is 5.84 Å². The van der Waals surface area contributed by atoms with Gasteiger partial charge in [-0.05, 0) is 42.3 Å². The van der Waals surface area contributed by atoms with Crippen LogP contribution in [0.5, 0.6) is 0 Å². The van der Waals surface area contributed by atoms with Crippen LogP contribution in [0.3, 0.4) is 0 Å². The molecule has 0 saturated heterocycles. The minimum absolute atomic E-state index is 0.162. The molecule has 0 radical (unpaired) electrons. The van der Waals surface area contributed by atoms with Gasteiger partial charge in [0.05, 0.1) is 0 Å². The van der Waals surface area contributed by atoms with E-state index in [1.165, 1.54) is 28.4 Å².